The van der Waals surface area contributed by atoms with Crippen LogP contribution in [-0.4, -0.2) is 18.6 Å². The van der Waals surface area contributed by atoms with Crippen LogP contribution in [0.1, 0.15) is 29.6 Å². The molecule has 1 saturated carbocycles. The summed E-state index contributed by atoms with van der Waals surface area (Å²) in [7, 11) is 1.77. The zero-order chi connectivity index (χ0) is 9.97. The second kappa shape index (κ2) is 4.38. The number of rotatable bonds is 5. The van der Waals surface area contributed by atoms with Crippen LogP contribution < -0.4 is 5.73 Å². The summed E-state index contributed by atoms with van der Waals surface area (Å²) in [5.74, 6) is 0.705. The van der Waals surface area contributed by atoms with Gasteiger partial charge in [0.2, 0.25) is 0 Å². The van der Waals surface area contributed by atoms with E-state index in [1.165, 1.54) is 12.8 Å². The minimum atomic E-state index is 0.228. The molecular formula is C10H16N2OS. The van der Waals surface area contributed by atoms with Crippen LogP contribution in [0.2, 0.25) is 0 Å². The molecule has 2 rings (SSSR count). The molecule has 0 amide bonds. The van der Waals surface area contributed by atoms with Gasteiger partial charge in [0.15, 0.2) is 0 Å². The average Bonchev–Trinajstić information content (AvgIpc) is 2.90. The molecule has 1 aliphatic rings. The lowest BCUT2D eigenvalue weighted by atomic mass is 10.2. The summed E-state index contributed by atoms with van der Waals surface area (Å²) in [6, 6.07) is 0. The number of aromatic nitrogens is 1. The first-order valence-corrected chi connectivity index (χ1v) is 5.90. The predicted octanol–water partition coefficient (Wildman–Crippen LogP) is 1.74. The van der Waals surface area contributed by atoms with Crippen molar-refractivity contribution in [1.29, 1.82) is 0 Å². The first-order valence-electron chi connectivity index (χ1n) is 5.02. The zero-order valence-electron chi connectivity index (χ0n) is 8.40. The van der Waals surface area contributed by atoms with E-state index in [4.69, 9.17) is 10.5 Å². The van der Waals surface area contributed by atoms with Crippen LogP contribution in [0.4, 0.5) is 0 Å². The molecule has 2 N–H and O–H groups in total. The van der Waals surface area contributed by atoms with E-state index in [2.05, 4.69) is 10.4 Å². The topological polar surface area (TPSA) is 48.1 Å². The van der Waals surface area contributed by atoms with E-state index in [9.17, 15) is 0 Å². The second-order valence-electron chi connectivity index (χ2n) is 3.71. The lowest BCUT2D eigenvalue weighted by Gasteiger charge is -2.10. The first-order chi connectivity index (χ1) is 6.85. The van der Waals surface area contributed by atoms with Crippen molar-refractivity contribution in [3.63, 3.8) is 0 Å². The third-order valence-electron chi connectivity index (χ3n) is 2.52. The third-order valence-corrected chi connectivity index (χ3v) is 3.47. The van der Waals surface area contributed by atoms with Crippen molar-refractivity contribution in [2.75, 3.05) is 13.7 Å². The Hall–Kier alpha value is -0.450. The second-order valence-corrected chi connectivity index (χ2v) is 4.60. The van der Waals surface area contributed by atoms with Crippen molar-refractivity contribution in [3.05, 3.63) is 16.1 Å². The number of hydrogen-bond acceptors (Lipinski definition) is 4. The van der Waals surface area contributed by atoms with E-state index in [-0.39, 0.29) is 6.10 Å². The minimum Gasteiger partial charge on any atom is -0.374 e. The zero-order valence-corrected chi connectivity index (χ0v) is 9.22. The normalized spacial score (nSPS) is 18.4. The molecule has 1 unspecified atom stereocenters. The number of nitrogens with two attached hydrogens (primary N) is 1. The molecule has 1 heterocycles. The van der Waals surface area contributed by atoms with Gasteiger partial charge in [-0.3, -0.25) is 0 Å². The summed E-state index contributed by atoms with van der Waals surface area (Å²) in [4.78, 5) is 4.55. The molecule has 1 aromatic heterocycles. The van der Waals surface area contributed by atoms with Gasteiger partial charge in [-0.15, -0.1) is 11.3 Å². The highest BCUT2D eigenvalue weighted by Gasteiger charge is 2.34. The van der Waals surface area contributed by atoms with E-state index >= 15 is 0 Å². The van der Waals surface area contributed by atoms with Crippen molar-refractivity contribution in [3.8, 4) is 0 Å². The van der Waals surface area contributed by atoms with Crippen molar-refractivity contribution < 1.29 is 4.74 Å². The Kier molecular flexibility index (Phi) is 3.15. The molecule has 78 valence electrons. The van der Waals surface area contributed by atoms with Crippen molar-refractivity contribution >= 4 is 11.3 Å². The maximum absolute atomic E-state index is 5.48. The highest BCUT2D eigenvalue weighted by atomic mass is 32.1. The Balaban J connectivity index is 2.05. The van der Waals surface area contributed by atoms with Gasteiger partial charge in [0.1, 0.15) is 11.1 Å². The molecule has 0 aromatic carbocycles. The fraction of sp³-hybridized carbons (Fsp3) is 0.700. The van der Waals surface area contributed by atoms with E-state index in [1.807, 2.05) is 0 Å². The molecular weight excluding hydrogens is 196 g/mol. The van der Waals surface area contributed by atoms with E-state index in [0.29, 0.717) is 12.5 Å². The maximum Gasteiger partial charge on any atom is 0.122 e. The fourth-order valence-electron chi connectivity index (χ4n) is 1.61. The van der Waals surface area contributed by atoms with Crippen LogP contribution in [-0.2, 0) is 11.2 Å². The Morgan fingerprint density at radius 3 is 3.07 bits per heavy atom. The molecule has 1 aliphatic carbocycles. The smallest absolute Gasteiger partial charge is 0.122 e. The summed E-state index contributed by atoms with van der Waals surface area (Å²) < 4.78 is 5.47. The minimum absolute atomic E-state index is 0.228. The molecule has 0 aliphatic heterocycles. The van der Waals surface area contributed by atoms with E-state index in [0.717, 1.165) is 17.1 Å². The van der Waals surface area contributed by atoms with Gasteiger partial charge in [0.05, 0.1) is 5.69 Å². The van der Waals surface area contributed by atoms with Crippen LogP contribution in [0, 0.1) is 5.92 Å². The SMILES string of the molecule is COC(c1nc(CCN)cs1)C1CC1. The van der Waals surface area contributed by atoms with Crippen LogP contribution in [0.15, 0.2) is 5.38 Å². The van der Waals surface area contributed by atoms with Gasteiger partial charge in [-0.05, 0) is 25.3 Å². The molecule has 0 spiro atoms. The fourth-order valence-corrected chi connectivity index (χ4v) is 2.63. The lowest BCUT2D eigenvalue weighted by Crippen LogP contribution is -2.05. The number of ether oxygens (including phenoxy) is 1. The lowest BCUT2D eigenvalue weighted by molar-refractivity contribution is 0.0842. The molecule has 0 saturated heterocycles. The Morgan fingerprint density at radius 1 is 1.71 bits per heavy atom. The Morgan fingerprint density at radius 2 is 2.50 bits per heavy atom. The molecule has 0 bridgehead atoms. The van der Waals surface area contributed by atoms with Gasteiger partial charge in [-0.2, -0.15) is 0 Å². The highest BCUT2D eigenvalue weighted by Crippen LogP contribution is 2.43. The summed E-state index contributed by atoms with van der Waals surface area (Å²) in [5.41, 5.74) is 6.59. The maximum atomic E-state index is 5.48. The molecule has 1 fully saturated rings. The van der Waals surface area contributed by atoms with Crippen molar-refractivity contribution in [2.45, 2.75) is 25.4 Å². The number of nitrogens with zero attached hydrogens (tertiary/aromatic N) is 1. The molecule has 1 aromatic rings. The van der Waals surface area contributed by atoms with Gasteiger partial charge in [0, 0.05) is 18.9 Å². The van der Waals surface area contributed by atoms with Gasteiger partial charge in [-0.1, -0.05) is 0 Å². The van der Waals surface area contributed by atoms with Gasteiger partial charge < -0.3 is 10.5 Å². The van der Waals surface area contributed by atoms with Crippen molar-refractivity contribution in [1.82, 2.24) is 4.98 Å². The average molecular weight is 212 g/mol. The number of thiazole rings is 1. The third kappa shape index (κ3) is 2.13. The summed E-state index contributed by atoms with van der Waals surface area (Å²) in [6.07, 6.45) is 3.66. The number of hydrogen-bond donors (Lipinski definition) is 1. The molecule has 14 heavy (non-hydrogen) atoms. The summed E-state index contributed by atoms with van der Waals surface area (Å²) in [6.45, 7) is 0.671. The Labute approximate surface area is 88.3 Å². The molecule has 1 atom stereocenters. The molecule has 0 radical (unpaired) electrons. The highest BCUT2D eigenvalue weighted by molar-refractivity contribution is 7.09. The van der Waals surface area contributed by atoms with E-state index < -0.39 is 0 Å². The molecule has 3 nitrogen and oxygen atoms in total. The first kappa shape index (κ1) is 10.1. The largest absolute Gasteiger partial charge is 0.374 e. The van der Waals surface area contributed by atoms with Crippen LogP contribution in [0.3, 0.4) is 0 Å². The quantitative estimate of drug-likeness (QED) is 0.808. The number of methoxy groups -OCH3 is 1. The van der Waals surface area contributed by atoms with Crippen molar-refractivity contribution in [2.24, 2.45) is 11.7 Å². The van der Waals surface area contributed by atoms with Gasteiger partial charge >= 0.3 is 0 Å². The molecule has 4 heteroatoms. The Bertz CT molecular complexity index is 296. The van der Waals surface area contributed by atoms with Crippen LogP contribution in [0.5, 0.6) is 0 Å². The van der Waals surface area contributed by atoms with Crippen LogP contribution in [0.25, 0.3) is 0 Å². The van der Waals surface area contributed by atoms with Crippen LogP contribution >= 0.6 is 11.3 Å². The summed E-state index contributed by atoms with van der Waals surface area (Å²) >= 11 is 1.70. The van der Waals surface area contributed by atoms with Gasteiger partial charge in [-0.25, -0.2) is 4.98 Å². The summed E-state index contributed by atoms with van der Waals surface area (Å²) in [5, 5.41) is 3.22. The predicted molar refractivity (Wildman–Crippen MR) is 57.3 cm³/mol. The van der Waals surface area contributed by atoms with Gasteiger partial charge in [0.25, 0.3) is 0 Å². The monoisotopic (exact) mass is 212 g/mol. The standard InChI is InChI=1S/C10H16N2OS/c1-13-9(7-2-3-7)10-12-8(4-5-11)6-14-10/h6-7,9H,2-5,11H2,1H3. The van der Waals surface area contributed by atoms with E-state index in [1.54, 1.807) is 18.4 Å².